The van der Waals surface area contributed by atoms with Crippen molar-refractivity contribution in [3.8, 4) is 0 Å². The van der Waals surface area contributed by atoms with Gasteiger partial charge in [0.15, 0.2) is 0 Å². The van der Waals surface area contributed by atoms with E-state index in [1.54, 1.807) is 0 Å². The zero-order valence-electron chi connectivity index (χ0n) is 16.9. The Balaban J connectivity index is 1.58. The van der Waals surface area contributed by atoms with Crippen LogP contribution in [-0.2, 0) is 33.9 Å². The molecule has 0 radical (unpaired) electrons. The number of hydrogen-bond acceptors (Lipinski definition) is 4. The lowest BCUT2D eigenvalue weighted by Gasteiger charge is -2.31. The molecule has 13 heteroatoms. The molecule has 2 aliphatic heterocycles. The van der Waals surface area contributed by atoms with Crippen molar-refractivity contribution < 1.29 is 35.9 Å². The number of aromatic nitrogens is 3. The summed E-state index contributed by atoms with van der Waals surface area (Å²) in [6.45, 7) is -0.152. The Morgan fingerprint density at radius 1 is 0.912 bits per heavy atom. The van der Waals surface area contributed by atoms with E-state index >= 15 is 0 Å². The van der Waals surface area contributed by atoms with Crippen molar-refractivity contribution in [2.75, 3.05) is 10.6 Å². The summed E-state index contributed by atoms with van der Waals surface area (Å²) < 4.78 is 79.6. The molecule has 0 saturated carbocycles. The van der Waals surface area contributed by atoms with Crippen LogP contribution in [0.1, 0.15) is 34.4 Å². The molecule has 0 aliphatic carbocycles. The molecule has 2 N–H and O–H groups in total. The summed E-state index contributed by atoms with van der Waals surface area (Å²) in [6, 6.07) is 4.79. The van der Waals surface area contributed by atoms with Crippen molar-refractivity contribution in [2.45, 2.75) is 30.7 Å². The molecule has 1 spiro atoms. The van der Waals surface area contributed by atoms with Gasteiger partial charge in [-0.1, -0.05) is 0 Å². The van der Waals surface area contributed by atoms with E-state index in [1.165, 1.54) is 10.9 Å². The van der Waals surface area contributed by atoms with Crippen LogP contribution in [0.4, 0.5) is 37.8 Å². The first-order chi connectivity index (χ1) is 15.9. The standard InChI is InChI=1S/C21H13F6N5O2/c22-20(23,24)10-2-4-15-13(5-10)19(18(34)30-15)6-16(33)31-17-14(19)8-29-32(17)9-12-3-1-11(7-28-12)21(25,26)27/h1-5,7-8H,6,9H2,(H,30,34)(H,31,33)/t19-/m1/s1. The van der Waals surface area contributed by atoms with E-state index in [1.807, 2.05) is 0 Å². The van der Waals surface area contributed by atoms with E-state index in [2.05, 4.69) is 20.7 Å². The van der Waals surface area contributed by atoms with Gasteiger partial charge in [0, 0.05) is 23.9 Å². The van der Waals surface area contributed by atoms with Gasteiger partial charge in [-0.2, -0.15) is 31.4 Å². The van der Waals surface area contributed by atoms with Gasteiger partial charge in [-0.3, -0.25) is 14.6 Å². The predicted octanol–water partition coefficient (Wildman–Crippen LogP) is 3.94. The molecule has 176 valence electrons. The lowest BCUT2D eigenvalue weighted by Crippen LogP contribution is -2.43. The number of anilines is 2. The van der Waals surface area contributed by atoms with E-state index in [9.17, 15) is 35.9 Å². The second-order valence-electron chi connectivity index (χ2n) is 7.94. The molecule has 7 nitrogen and oxygen atoms in total. The Labute approximate surface area is 186 Å². The van der Waals surface area contributed by atoms with Crippen LogP contribution in [0.15, 0.2) is 42.7 Å². The highest BCUT2D eigenvalue weighted by molar-refractivity contribution is 6.14. The third-order valence-corrected chi connectivity index (χ3v) is 5.89. The molecule has 3 aromatic rings. The largest absolute Gasteiger partial charge is 0.417 e. The fourth-order valence-electron chi connectivity index (χ4n) is 4.28. The molecule has 2 aromatic heterocycles. The highest BCUT2D eigenvalue weighted by Crippen LogP contribution is 2.51. The first-order valence-corrected chi connectivity index (χ1v) is 9.81. The molecular weight excluding hydrogens is 468 g/mol. The number of alkyl halides is 6. The van der Waals surface area contributed by atoms with Crippen LogP contribution in [0.3, 0.4) is 0 Å². The molecule has 0 bridgehead atoms. The number of carbonyl (C=O) groups is 2. The minimum Gasteiger partial charge on any atom is -0.325 e. The van der Waals surface area contributed by atoms with Gasteiger partial charge >= 0.3 is 12.4 Å². The van der Waals surface area contributed by atoms with Gasteiger partial charge in [-0.15, -0.1) is 0 Å². The number of nitrogens with zero attached hydrogens (tertiary/aromatic N) is 3. The molecule has 1 atom stereocenters. The fourth-order valence-corrected chi connectivity index (χ4v) is 4.28. The molecule has 4 heterocycles. The average molecular weight is 481 g/mol. The van der Waals surface area contributed by atoms with Crippen molar-refractivity contribution in [1.29, 1.82) is 0 Å². The summed E-state index contributed by atoms with van der Waals surface area (Å²) >= 11 is 0. The van der Waals surface area contributed by atoms with Gasteiger partial charge in [-0.05, 0) is 35.9 Å². The van der Waals surface area contributed by atoms with Crippen LogP contribution < -0.4 is 10.6 Å². The number of hydrogen-bond donors (Lipinski definition) is 2. The van der Waals surface area contributed by atoms with Crippen LogP contribution in [0, 0.1) is 0 Å². The van der Waals surface area contributed by atoms with Crippen LogP contribution in [-0.4, -0.2) is 26.6 Å². The number of halogens is 6. The van der Waals surface area contributed by atoms with E-state index in [4.69, 9.17) is 0 Å². The number of amides is 2. The van der Waals surface area contributed by atoms with Crippen molar-refractivity contribution in [3.05, 3.63) is 70.7 Å². The van der Waals surface area contributed by atoms with Crippen molar-refractivity contribution in [3.63, 3.8) is 0 Å². The summed E-state index contributed by atoms with van der Waals surface area (Å²) in [6.07, 6.45) is -7.75. The Morgan fingerprint density at radius 3 is 2.26 bits per heavy atom. The molecule has 1 aromatic carbocycles. The van der Waals surface area contributed by atoms with Crippen LogP contribution in [0.2, 0.25) is 0 Å². The van der Waals surface area contributed by atoms with Crippen LogP contribution >= 0.6 is 0 Å². The van der Waals surface area contributed by atoms with Gasteiger partial charge in [-0.25, -0.2) is 4.68 Å². The first kappa shape index (κ1) is 21.9. The number of nitrogens with one attached hydrogen (secondary N) is 2. The molecule has 5 rings (SSSR count). The van der Waals surface area contributed by atoms with E-state index in [0.717, 1.165) is 30.3 Å². The quantitative estimate of drug-likeness (QED) is 0.543. The van der Waals surface area contributed by atoms with Crippen molar-refractivity contribution in [2.24, 2.45) is 0 Å². The summed E-state index contributed by atoms with van der Waals surface area (Å²) in [4.78, 5) is 29.4. The highest BCUT2D eigenvalue weighted by Gasteiger charge is 2.55. The third-order valence-electron chi connectivity index (χ3n) is 5.89. The van der Waals surface area contributed by atoms with E-state index in [0.29, 0.717) is 6.20 Å². The van der Waals surface area contributed by atoms with Gasteiger partial charge in [0.2, 0.25) is 11.8 Å². The summed E-state index contributed by atoms with van der Waals surface area (Å²) in [5.41, 5.74) is -3.15. The molecule has 34 heavy (non-hydrogen) atoms. The zero-order chi connectivity index (χ0) is 24.5. The predicted molar refractivity (Wildman–Crippen MR) is 105 cm³/mol. The normalized spacial score (nSPS) is 19.6. The minimum absolute atomic E-state index is 0.00405. The van der Waals surface area contributed by atoms with Gasteiger partial charge in [0.1, 0.15) is 11.2 Å². The molecule has 2 amide bonds. The van der Waals surface area contributed by atoms with E-state index < -0.39 is 47.1 Å². The van der Waals surface area contributed by atoms with Gasteiger partial charge < -0.3 is 10.6 Å². The summed E-state index contributed by atoms with van der Waals surface area (Å²) in [7, 11) is 0. The Bertz CT molecular complexity index is 1330. The lowest BCUT2D eigenvalue weighted by atomic mass is 9.71. The topological polar surface area (TPSA) is 88.9 Å². The zero-order valence-corrected chi connectivity index (χ0v) is 16.9. The lowest BCUT2D eigenvalue weighted by molar-refractivity contribution is -0.138. The highest BCUT2D eigenvalue weighted by atomic mass is 19.4. The average Bonchev–Trinajstić information content (AvgIpc) is 3.26. The molecule has 0 unspecified atom stereocenters. The molecular formula is C21H13F6N5O2. The number of carbonyl (C=O) groups excluding carboxylic acids is 2. The SMILES string of the molecule is O=C1C[C@]2(C(=O)Nc3ccc(C(F)(F)F)cc32)c2cnn(Cc3ccc(C(F)(F)F)cn3)c2N1. The fraction of sp³-hybridized carbons (Fsp3) is 0.238. The smallest absolute Gasteiger partial charge is 0.325 e. The number of benzene rings is 1. The first-order valence-electron chi connectivity index (χ1n) is 9.81. The number of fused-ring (bicyclic) bond motifs is 4. The van der Waals surface area contributed by atoms with Gasteiger partial charge in [0.25, 0.3) is 0 Å². The van der Waals surface area contributed by atoms with Crippen molar-refractivity contribution >= 4 is 23.3 Å². The minimum atomic E-state index is -4.67. The second-order valence-corrected chi connectivity index (χ2v) is 7.94. The molecule has 0 fully saturated rings. The summed E-state index contributed by atoms with van der Waals surface area (Å²) in [5, 5.41) is 9.23. The van der Waals surface area contributed by atoms with Crippen LogP contribution in [0.25, 0.3) is 0 Å². The maximum Gasteiger partial charge on any atom is 0.417 e. The monoisotopic (exact) mass is 481 g/mol. The maximum absolute atomic E-state index is 13.4. The third kappa shape index (κ3) is 3.30. The second kappa shape index (κ2) is 7.05. The van der Waals surface area contributed by atoms with Crippen molar-refractivity contribution in [1.82, 2.24) is 14.8 Å². The van der Waals surface area contributed by atoms with E-state index in [-0.39, 0.29) is 34.9 Å². The Hall–Kier alpha value is -3.90. The van der Waals surface area contributed by atoms with Gasteiger partial charge in [0.05, 0.1) is 29.6 Å². The molecule has 0 saturated heterocycles. The summed E-state index contributed by atoms with van der Waals surface area (Å²) in [5.74, 6) is -1.25. The maximum atomic E-state index is 13.4. The Kier molecular flexibility index (Phi) is 4.54. The van der Waals surface area contributed by atoms with Crippen LogP contribution in [0.5, 0.6) is 0 Å². The Morgan fingerprint density at radius 2 is 1.62 bits per heavy atom. The molecule has 2 aliphatic rings. The number of pyridine rings is 1. The number of rotatable bonds is 2.